The quantitative estimate of drug-likeness (QED) is 0.287. The van der Waals surface area contributed by atoms with Crippen molar-refractivity contribution in [1.29, 1.82) is 0 Å². The maximum atomic E-state index is 12.2. The van der Waals surface area contributed by atoms with Crippen molar-refractivity contribution in [3.05, 3.63) is 63.2 Å². The highest BCUT2D eigenvalue weighted by molar-refractivity contribution is 5.97. The average molecular weight is 401 g/mol. The van der Waals surface area contributed by atoms with E-state index >= 15 is 0 Å². The summed E-state index contributed by atoms with van der Waals surface area (Å²) in [6, 6.07) is 9.52. The smallest absolute Gasteiger partial charge is 0.338 e. The van der Waals surface area contributed by atoms with Gasteiger partial charge in [0.25, 0.3) is 11.6 Å². The van der Waals surface area contributed by atoms with E-state index < -0.39 is 23.4 Å². The van der Waals surface area contributed by atoms with Crippen molar-refractivity contribution in [2.75, 3.05) is 37.5 Å². The second-order valence-electron chi connectivity index (χ2n) is 6.30. The summed E-state index contributed by atoms with van der Waals surface area (Å²) in [5, 5.41) is 16.9. The zero-order valence-electron chi connectivity index (χ0n) is 16.5. The molecular weight excluding hydrogens is 378 g/mol. The van der Waals surface area contributed by atoms with Crippen molar-refractivity contribution in [3.63, 3.8) is 0 Å². The molecule has 0 aliphatic heterocycles. The fourth-order valence-corrected chi connectivity index (χ4v) is 2.65. The molecule has 0 aliphatic carbocycles. The first-order valence-electron chi connectivity index (χ1n) is 8.88. The Morgan fingerprint density at radius 1 is 1.14 bits per heavy atom. The molecule has 2 aromatic carbocycles. The van der Waals surface area contributed by atoms with Gasteiger partial charge < -0.3 is 20.1 Å². The number of amides is 1. The number of nitrogens with zero attached hydrogens (tertiary/aromatic N) is 1. The summed E-state index contributed by atoms with van der Waals surface area (Å²) in [6.07, 6.45) is 0. The molecule has 2 rings (SSSR count). The van der Waals surface area contributed by atoms with Crippen LogP contribution in [0.2, 0.25) is 0 Å². The van der Waals surface area contributed by atoms with E-state index in [0.717, 1.165) is 17.2 Å². The lowest BCUT2D eigenvalue weighted by Gasteiger charge is -2.12. The number of methoxy groups -OCH3 is 1. The number of para-hydroxylation sites is 1. The van der Waals surface area contributed by atoms with Gasteiger partial charge in [0.1, 0.15) is 5.69 Å². The molecule has 0 radical (unpaired) electrons. The fourth-order valence-electron chi connectivity index (χ4n) is 2.65. The monoisotopic (exact) mass is 401 g/mol. The van der Waals surface area contributed by atoms with Crippen molar-refractivity contribution in [2.45, 2.75) is 13.8 Å². The Morgan fingerprint density at radius 3 is 2.45 bits per heavy atom. The Hall–Kier alpha value is -3.46. The van der Waals surface area contributed by atoms with Crippen LogP contribution in [0.5, 0.6) is 0 Å². The Labute approximate surface area is 168 Å². The molecule has 29 heavy (non-hydrogen) atoms. The summed E-state index contributed by atoms with van der Waals surface area (Å²) in [6.45, 7) is 3.95. The molecule has 9 nitrogen and oxygen atoms in total. The van der Waals surface area contributed by atoms with Gasteiger partial charge in [-0.15, -0.1) is 0 Å². The maximum Gasteiger partial charge on any atom is 0.338 e. The van der Waals surface area contributed by atoms with Crippen molar-refractivity contribution in [2.24, 2.45) is 0 Å². The first-order chi connectivity index (χ1) is 13.8. The van der Waals surface area contributed by atoms with E-state index in [1.54, 1.807) is 0 Å². The number of aryl methyl sites for hydroxylation is 2. The predicted molar refractivity (Wildman–Crippen MR) is 108 cm³/mol. The van der Waals surface area contributed by atoms with Gasteiger partial charge in [0.05, 0.1) is 17.1 Å². The van der Waals surface area contributed by atoms with Gasteiger partial charge in [-0.2, -0.15) is 0 Å². The molecule has 2 aromatic rings. The summed E-state index contributed by atoms with van der Waals surface area (Å²) in [7, 11) is 1.52. The lowest BCUT2D eigenvalue weighted by atomic mass is 10.1. The lowest BCUT2D eigenvalue weighted by Crippen LogP contribution is -2.22. The largest absolute Gasteiger partial charge is 0.452 e. The minimum atomic E-state index is -0.826. The molecule has 0 heterocycles. The van der Waals surface area contributed by atoms with Crippen LogP contribution in [-0.4, -0.2) is 43.7 Å². The highest BCUT2D eigenvalue weighted by Gasteiger charge is 2.19. The molecule has 0 atom stereocenters. The van der Waals surface area contributed by atoms with E-state index in [9.17, 15) is 19.7 Å². The molecule has 0 bridgehead atoms. The molecule has 0 aliphatic rings. The number of benzene rings is 2. The number of carbonyl (C=O) groups excluding carboxylic acids is 2. The summed E-state index contributed by atoms with van der Waals surface area (Å²) < 4.78 is 9.89. The van der Waals surface area contributed by atoms with Crippen LogP contribution in [0.15, 0.2) is 36.4 Å². The first-order valence-corrected chi connectivity index (χ1v) is 8.88. The number of hydrogen-bond donors (Lipinski definition) is 2. The summed E-state index contributed by atoms with van der Waals surface area (Å²) >= 11 is 0. The zero-order valence-corrected chi connectivity index (χ0v) is 16.5. The second-order valence-corrected chi connectivity index (χ2v) is 6.30. The Kier molecular flexibility index (Phi) is 7.67. The summed E-state index contributed by atoms with van der Waals surface area (Å²) in [5.74, 6) is -1.32. The van der Waals surface area contributed by atoms with Crippen LogP contribution in [0.4, 0.5) is 17.1 Å². The average Bonchev–Trinajstić information content (AvgIpc) is 2.69. The molecule has 0 saturated carbocycles. The topological polar surface area (TPSA) is 120 Å². The minimum Gasteiger partial charge on any atom is -0.452 e. The highest BCUT2D eigenvalue weighted by Crippen LogP contribution is 2.26. The van der Waals surface area contributed by atoms with Gasteiger partial charge >= 0.3 is 5.97 Å². The maximum absolute atomic E-state index is 12.2. The SMILES string of the molecule is COCCNc1ccc(C(=O)OCC(=O)Nc2c(C)cccc2C)cc1[N+](=O)[O-]. The number of nitrogens with one attached hydrogen (secondary N) is 2. The van der Waals surface area contributed by atoms with Gasteiger partial charge in [0, 0.05) is 25.4 Å². The molecule has 0 spiro atoms. The highest BCUT2D eigenvalue weighted by atomic mass is 16.6. The van der Waals surface area contributed by atoms with Crippen molar-refractivity contribution in [3.8, 4) is 0 Å². The van der Waals surface area contributed by atoms with Gasteiger partial charge in [0.15, 0.2) is 6.61 Å². The van der Waals surface area contributed by atoms with Gasteiger partial charge in [-0.05, 0) is 37.1 Å². The third-order valence-corrected chi connectivity index (χ3v) is 4.13. The van der Waals surface area contributed by atoms with Gasteiger partial charge in [-0.1, -0.05) is 18.2 Å². The number of esters is 1. The number of carbonyl (C=O) groups is 2. The number of rotatable bonds is 9. The summed E-state index contributed by atoms with van der Waals surface area (Å²) in [4.78, 5) is 35.0. The number of hydrogen-bond acceptors (Lipinski definition) is 7. The summed E-state index contributed by atoms with van der Waals surface area (Å²) in [5.41, 5.74) is 2.41. The van der Waals surface area contributed by atoms with E-state index in [1.165, 1.54) is 19.2 Å². The fraction of sp³-hybridized carbons (Fsp3) is 0.300. The Balaban J connectivity index is 2.02. The van der Waals surface area contributed by atoms with Crippen LogP contribution in [0, 0.1) is 24.0 Å². The molecule has 0 aromatic heterocycles. The molecule has 0 fully saturated rings. The molecule has 0 unspecified atom stereocenters. The zero-order chi connectivity index (χ0) is 21.4. The van der Waals surface area contributed by atoms with Crippen LogP contribution in [0.3, 0.4) is 0 Å². The van der Waals surface area contributed by atoms with E-state index in [-0.39, 0.29) is 16.9 Å². The standard InChI is InChI=1S/C20H23N3O6/c1-13-5-4-6-14(2)19(13)22-18(24)12-29-20(25)15-7-8-16(21-9-10-28-3)17(11-15)23(26)27/h4-8,11,21H,9-10,12H2,1-3H3,(H,22,24). The van der Waals surface area contributed by atoms with Gasteiger partial charge in [-0.3, -0.25) is 14.9 Å². The van der Waals surface area contributed by atoms with E-state index in [0.29, 0.717) is 18.8 Å². The third-order valence-electron chi connectivity index (χ3n) is 4.13. The number of anilines is 2. The predicted octanol–water partition coefficient (Wildman–Crippen LogP) is 3.07. The number of nitro groups is 1. The molecule has 1 amide bonds. The number of ether oxygens (including phenoxy) is 2. The normalized spacial score (nSPS) is 10.3. The second kappa shape index (κ2) is 10.2. The van der Waals surface area contributed by atoms with Crippen LogP contribution < -0.4 is 10.6 Å². The van der Waals surface area contributed by atoms with Crippen molar-refractivity contribution < 1.29 is 24.0 Å². The Morgan fingerprint density at radius 2 is 1.83 bits per heavy atom. The lowest BCUT2D eigenvalue weighted by molar-refractivity contribution is -0.384. The molecule has 154 valence electrons. The van der Waals surface area contributed by atoms with Crippen LogP contribution >= 0.6 is 0 Å². The van der Waals surface area contributed by atoms with Crippen molar-refractivity contribution in [1.82, 2.24) is 0 Å². The Bertz CT molecular complexity index is 893. The van der Waals surface area contributed by atoms with E-state index in [2.05, 4.69) is 10.6 Å². The third kappa shape index (κ3) is 6.01. The van der Waals surface area contributed by atoms with Crippen molar-refractivity contribution >= 4 is 28.9 Å². The molecule has 9 heteroatoms. The van der Waals surface area contributed by atoms with Crippen LogP contribution in [-0.2, 0) is 14.3 Å². The van der Waals surface area contributed by atoms with E-state index in [4.69, 9.17) is 9.47 Å². The van der Waals surface area contributed by atoms with E-state index in [1.807, 2.05) is 32.0 Å². The van der Waals surface area contributed by atoms with Gasteiger partial charge in [0.2, 0.25) is 0 Å². The first kappa shape index (κ1) is 21.8. The molecule has 0 saturated heterocycles. The minimum absolute atomic E-state index is 0.0196. The number of nitro benzene ring substituents is 1. The molecule has 2 N–H and O–H groups in total. The van der Waals surface area contributed by atoms with Crippen LogP contribution in [0.25, 0.3) is 0 Å². The van der Waals surface area contributed by atoms with Gasteiger partial charge in [-0.25, -0.2) is 4.79 Å². The van der Waals surface area contributed by atoms with Crippen LogP contribution in [0.1, 0.15) is 21.5 Å². The molecular formula is C20H23N3O6.